The topological polar surface area (TPSA) is 101 Å². The molecular formula is C26H21N3O6. The number of amides is 1. The van der Waals surface area contributed by atoms with Crippen molar-refractivity contribution in [3.05, 3.63) is 77.6 Å². The molecule has 0 saturated carbocycles. The zero-order valence-corrected chi connectivity index (χ0v) is 18.8. The number of benzene rings is 2. The minimum absolute atomic E-state index is 0.0139. The van der Waals surface area contributed by atoms with Crippen molar-refractivity contribution in [3.8, 4) is 17.2 Å². The largest absolute Gasteiger partial charge is 0.507 e. The molecule has 35 heavy (non-hydrogen) atoms. The second-order valence-electron chi connectivity index (χ2n) is 8.45. The van der Waals surface area contributed by atoms with E-state index in [2.05, 4.69) is 4.98 Å². The van der Waals surface area contributed by atoms with Crippen molar-refractivity contribution < 1.29 is 28.9 Å². The smallest absolute Gasteiger partial charge is 0.300 e. The Morgan fingerprint density at radius 2 is 1.86 bits per heavy atom. The summed E-state index contributed by atoms with van der Waals surface area (Å²) in [6.45, 7) is 1.35. The Kier molecular flexibility index (Phi) is 4.84. The van der Waals surface area contributed by atoms with Gasteiger partial charge in [-0.25, -0.2) is 0 Å². The molecule has 1 fully saturated rings. The number of anilines is 2. The van der Waals surface area contributed by atoms with Crippen molar-refractivity contribution in [1.29, 1.82) is 0 Å². The SMILES string of the molecule is CN1CCOc2ccc(/C(O)=C3/C(=O)C(=O)N(c4ccc5c(c4)OCO5)C3c3cccnc3)cc21. The first-order chi connectivity index (χ1) is 17.0. The molecule has 4 heterocycles. The molecule has 0 aliphatic carbocycles. The Morgan fingerprint density at radius 1 is 1.03 bits per heavy atom. The second kappa shape index (κ2) is 8.05. The Morgan fingerprint density at radius 3 is 2.69 bits per heavy atom. The number of carbonyl (C=O) groups is 2. The maximum absolute atomic E-state index is 13.4. The molecular weight excluding hydrogens is 450 g/mol. The predicted molar refractivity (Wildman–Crippen MR) is 127 cm³/mol. The maximum atomic E-state index is 13.4. The average Bonchev–Trinajstić information content (AvgIpc) is 3.46. The third kappa shape index (κ3) is 3.35. The number of hydrogen-bond donors (Lipinski definition) is 1. The summed E-state index contributed by atoms with van der Waals surface area (Å²) in [5.41, 5.74) is 2.23. The van der Waals surface area contributed by atoms with Gasteiger partial charge in [0, 0.05) is 36.8 Å². The first-order valence-corrected chi connectivity index (χ1v) is 11.1. The van der Waals surface area contributed by atoms with Crippen LogP contribution in [0.5, 0.6) is 17.2 Å². The molecule has 1 saturated heterocycles. The van der Waals surface area contributed by atoms with E-state index in [0.29, 0.717) is 47.2 Å². The molecule has 1 amide bonds. The molecule has 2 aromatic carbocycles. The predicted octanol–water partition coefficient (Wildman–Crippen LogP) is 3.27. The van der Waals surface area contributed by atoms with Gasteiger partial charge < -0.3 is 24.2 Å². The molecule has 1 N–H and O–H groups in total. The van der Waals surface area contributed by atoms with Crippen molar-refractivity contribution in [3.63, 3.8) is 0 Å². The number of fused-ring (bicyclic) bond motifs is 2. The molecule has 9 nitrogen and oxygen atoms in total. The van der Waals surface area contributed by atoms with Crippen LogP contribution in [0.4, 0.5) is 11.4 Å². The molecule has 6 rings (SSSR count). The van der Waals surface area contributed by atoms with Gasteiger partial charge in [-0.15, -0.1) is 0 Å². The number of hydrogen-bond acceptors (Lipinski definition) is 8. The molecule has 9 heteroatoms. The number of ether oxygens (including phenoxy) is 3. The van der Waals surface area contributed by atoms with Gasteiger partial charge in [0.1, 0.15) is 18.1 Å². The van der Waals surface area contributed by atoms with Gasteiger partial charge >= 0.3 is 0 Å². The lowest BCUT2D eigenvalue weighted by atomic mass is 9.95. The first kappa shape index (κ1) is 21.0. The standard InChI is InChI=1S/C26H21N3O6/c1-28-9-10-33-19-6-4-15(11-18(19)28)24(30)22-23(16-3-2-8-27-13-16)29(26(32)25(22)31)17-5-7-20-21(12-17)35-14-34-20/h2-8,11-13,23,30H,9-10,14H2,1H3/b24-22-. The highest BCUT2D eigenvalue weighted by molar-refractivity contribution is 6.51. The van der Waals surface area contributed by atoms with E-state index in [1.54, 1.807) is 60.9 Å². The summed E-state index contributed by atoms with van der Waals surface area (Å²) in [6.07, 6.45) is 3.19. The molecule has 3 aliphatic rings. The number of ketones is 1. The van der Waals surface area contributed by atoms with E-state index in [1.165, 1.54) is 4.90 Å². The molecule has 1 aromatic heterocycles. The van der Waals surface area contributed by atoms with Crippen LogP contribution in [0.2, 0.25) is 0 Å². The van der Waals surface area contributed by atoms with Crippen molar-refractivity contribution in [2.45, 2.75) is 6.04 Å². The highest BCUT2D eigenvalue weighted by Gasteiger charge is 2.47. The van der Waals surface area contributed by atoms with Crippen molar-refractivity contribution in [1.82, 2.24) is 4.98 Å². The van der Waals surface area contributed by atoms with E-state index < -0.39 is 17.7 Å². The molecule has 176 valence electrons. The van der Waals surface area contributed by atoms with Gasteiger partial charge in [-0.05, 0) is 42.0 Å². The van der Waals surface area contributed by atoms with E-state index in [1.807, 2.05) is 11.9 Å². The van der Waals surface area contributed by atoms with Gasteiger partial charge in [-0.3, -0.25) is 19.5 Å². The van der Waals surface area contributed by atoms with Crippen LogP contribution in [0, 0.1) is 0 Å². The normalized spacial score (nSPS) is 20.1. The van der Waals surface area contributed by atoms with Crippen LogP contribution < -0.4 is 24.0 Å². The van der Waals surface area contributed by atoms with Gasteiger partial charge in [0.15, 0.2) is 11.5 Å². The van der Waals surface area contributed by atoms with Gasteiger partial charge in [0.25, 0.3) is 11.7 Å². The number of likely N-dealkylation sites (N-methyl/N-ethyl adjacent to an activating group) is 1. The Labute approximate surface area is 200 Å². The Hall–Kier alpha value is -4.53. The number of nitrogens with zero attached hydrogens (tertiary/aromatic N) is 3. The van der Waals surface area contributed by atoms with Crippen LogP contribution in [0.3, 0.4) is 0 Å². The van der Waals surface area contributed by atoms with Crippen molar-refractivity contribution in [2.75, 3.05) is 36.8 Å². The lowest BCUT2D eigenvalue weighted by Crippen LogP contribution is -2.29. The number of pyridine rings is 1. The summed E-state index contributed by atoms with van der Waals surface area (Å²) >= 11 is 0. The summed E-state index contributed by atoms with van der Waals surface area (Å²) in [7, 11) is 1.93. The number of Topliss-reactive ketones (excluding diaryl/α,β-unsaturated/α-hetero) is 1. The van der Waals surface area contributed by atoms with E-state index in [9.17, 15) is 14.7 Å². The number of rotatable bonds is 3. The fourth-order valence-electron chi connectivity index (χ4n) is 4.64. The Balaban J connectivity index is 1.51. The number of aliphatic hydroxyl groups excluding tert-OH is 1. The van der Waals surface area contributed by atoms with Crippen LogP contribution in [0.15, 0.2) is 66.5 Å². The van der Waals surface area contributed by atoms with Crippen molar-refractivity contribution >= 4 is 28.8 Å². The lowest BCUT2D eigenvalue weighted by Gasteiger charge is -2.28. The van der Waals surface area contributed by atoms with Crippen LogP contribution in [0.25, 0.3) is 5.76 Å². The number of carbonyl (C=O) groups excluding carboxylic acids is 2. The highest BCUT2D eigenvalue weighted by Crippen LogP contribution is 2.45. The molecule has 0 radical (unpaired) electrons. The molecule has 0 spiro atoms. The van der Waals surface area contributed by atoms with Gasteiger partial charge in [-0.1, -0.05) is 6.07 Å². The number of aromatic nitrogens is 1. The fraction of sp³-hybridized carbons (Fsp3) is 0.192. The molecule has 1 atom stereocenters. The third-order valence-electron chi connectivity index (χ3n) is 6.41. The summed E-state index contributed by atoms with van der Waals surface area (Å²) in [5, 5.41) is 11.4. The molecule has 1 unspecified atom stereocenters. The van der Waals surface area contributed by atoms with E-state index in [-0.39, 0.29) is 18.1 Å². The summed E-state index contributed by atoms with van der Waals surface area (Å²) in [4.78, 5) is 34.2. The minimum atomic E-state index is -0.880. The van der Waals surface area contributed by atoms with Crippen LogP contribution in [-0.4, -0.2) is 48.8 Å². The zero-order valence-electron chi connectivity index (χ0n) is 18.8. The van der Waals surface area contributed by atoms with Crippen LogP contribution in [-0.2, 0) is 9.59 Å². The molecule has 3 aromatic rings. The lowest BCUT2D eigenvalue weighted by molar-refractivity contribution is -0.132. The summed E-state index contributed by atoms with van der Waals surface area (Å²) < 4.78 is 16.5. The van der Waals surface area contributed by atoms with Crippen LogP contribution in [0.1, 0.15) is 17.2 Å². The summed E-state index contributed by atoms with van der Waals surface area (Å²) in [5.74, 6) is -0.0631. The monoisotopic (exact) mass is 471 g/mol. The second-order valence-corrected chi connectivity index (χ2v) is 8.45. The maximum Gasteiger partial charge on any atom is 0.300 e. The van der Waals surface area contributed by atoms with Crippen molar-refractivity contribution in [2.24, 2.45) is 0 Å². The summed E-state index contributed by atoms with van der Waals surface area (Å²) in [6, 6.07) is 12.8. The first-order valence-electron chi connectivity index (χ1n) is 11.1. The van der Waals surface area contributed by atoms with E-state index >= 15 is 0 Å². The van der Waals surface area contributed by atoms with Crippen LogP contribution >= 0.6 is 0 Å². The fourth-order valence-corrected chi connectivity index (χ4v) is 4.64. The minimum Gasteiger partial charge on any atom is -0.507 e. The van der Waals surface area contributed by atoms with Gasteiger partial charge in [-0.2, -0.15) is 0 Å². The zero-order chi connectivity index (χ0) is 24.1. The average molecular weight is 471 g/mol. The van der Waals surface area contributed by atoms with E-state index in [4.69, 9.17) is 14.2 Å². The van der Waals surface area contributed by atoms with Gasteiger partial charge in [0.2, 0.25) is 6.79 Å². The Bertz CT molecular complexity index is 1390. The molecule has 3 aliphatic heterocycles. The van der Waals surface area contributed by atoms with E-state index in [0.717, 1.165) is 5.69 Å². The molecule has 0 bridgehead atoms. The number of aliphatic hydroxyl groups is 1. The quantitative estimate of drug-likeness (QED) is 0.353. The highest BCUT2D eigenvalue weighted by atomic mass is 16.7. The van der Waals surface area contributed by atoms with Gasteiger partial charge in [0.05, 0.1) is 23.8 Å². The third-order valence-corrected chi connectivity index (χ3v) is 6.41.